The summed E-state index contributed by atoms with van der Waals surface area (Å²) in [6, 6.07) is 9.56. The number of aliphatic hydroxyl groups excluding tert-OH is 1. The SMILES string of the molecule is Cc1cnccc1C(O)c1cccc(OC2CC2)c1. The Bertz CT molecular complexity index is 578. The van der Waals surface area contributed by atoms with Gasteiger partial charge >= 0.3 is 0 Å². The van der Waals surface area contributed by atoms with Gasteiger partial charge < -0.3 is 9.84 Å². The van der Waals surface area contributed by atoms with E-state index in [1.54, 1.807) is 12.4 Å². The van der Waals surface area contributed by atoms with E-state index >= 15 is 0 Å². The number of aromatic nitrogens is 1. The molecule has 0 aliphatic heterocycles. The van der Waals surface area contributed by atoms with E-state index in [1.165, 1.54) is 0 Å². The van der Waals surface area contributed by atoms with E-state index in [1.807, 2.05) is 37.3 Å². The predicted molar refractivity (Wildman–Crippen MR) is 73.1 cm³/mol. The van der Waals surface area contributed by atoms with Crippen LogP contribution in [0.15, 0.2) is 42.7 Å². The third-order valence-electron chi connectivity index (χ3n) is 3.36. The van der Waals surface area contributed by atoms with Crippen LogP contribution in [0.1, 0.15) is 35.6 Å². The summed E-state index contributed by atoms with van der Waals surface area (Å²) in [5.41, 5.74) is 2.73. The summed E-state index contributed by atoms with van der Waals surface area (Å²) in [6.45, 7) is 1.95. The summed E-state index contributed by atoms with van der Waals surface area (Å²) in [7, 11) is 0. The minimum Gasteiger partial charge on any atom is -0.490 e. The summed E-state index contributed by atoms with van der Waals surface area (Å²) >= 11 is 0. The Morgan fingerprint density at radius 1 is 1.32 bits per heavy atom. The van der Waals surface area contributed by atoms with Gasteiger partial charge in [0, 0.05) is 12.4 Å². The number of rotatable bonds is 4. The van der Waals surface area contributed by atoms with Crippen LogP contribution in [0, 0.1) is 6.92 Å². The van der Waals surface area contributed by atoms with E-state index in [0.717, 1.165) is 35.3 Å². The van der Waals surface area contributed by atoms with Crippen LogP contribution in [-0.4, -0.2) is 16.2 Å². The van der Waals surface area contributed by atoms with Gasteiger partial charge in [0.25, 0.3) is 0 Å². The topological polar surface area (TPSA) is 42.4 Å². The Hall–Kier alpha value is -1.87. The molecule has 1 aromatic carbocycles. The van der Waals surface area contributed by atoms with Crippen molar-refractivity contribution >= 4 is 0 Å². The van der Waals surface area contributed by atoms with Crippen molar-refractivity contribution in [3.05, 3.63) is 59.4 Å². The molecule has 1 heterocycles. The normalized spacial score (nSPS) is 16.1. The molecule has 1 aliphatic rings. The smallest absolute Gasteiger partial charge is 0.120 e. The molecule has 0 spiro atoms. The van der Waals surface area contributed by atoms with Crippen LogP contribution in [0.4, 0.5) is 0 Å². The number of nitrogens with zero attached hydrogens (tertiary/aromatic N) is 1. The molecule has 1 saturated carbocycles. The van der Waals surface area contributed by atoms with Gasteiger partial charge in [-0.3, -0.25) is 4.98 Å². The summed E-state index contributed by atoms with van der Waals surface area (Å²) in [6.07, 6.45) is 5.48. The molecule has 1 aliphatic carbocycles. The summed E-state index contributed by atoms with van der Waals surface area (Å²) in [5, 5.41) is 10.5. The first-order chi connectivity index (χ1) is 9.24. The van der Waals surface area contributed by atoms with Crippen molar-refractivity contribution in [3.63, 3.8) is 0 Å². The fourth-order valence-electron chi connectivity index (χ4n) is 2.11. The quantitative estimate of drug-likeness (QED) is 0.913. The summed E-state index contributed by atoms with van der Waals surface area (Å²) in [4.78, 5) is 4.05. The van der Waals surface area contributed by atoms with Gasteiger partial charge in [-0.1, -0.05) is 12.1 Å². The monoisotopic (exact) mass is 255 g/mol. The van der Waals surface area contributed by atoms with Gasteiger partial charge in [0.2, 0.25) is 0 Å². The van der Waals surface area contributed by atoms with Gasteiger partial charge in [0.15, 0.2) is 0 Å². The minimum atomic E-state index is -0.634. The number of hydrogen-bond acceptors (Lipinski definition) is 3. The van der Waals surface area contributed by atoms with Crippen molar-refractivity contribution < 1.29 is 9.84 Å². The highest BCUT2D eigenvalue weighted by Gasteiger charge is 2.23. The third kappa shape index (κ3) is 2.76. The number of ether oxygens (including phenoxy) is 1. The van der Waals surface area contributed by atoms with Crippen molar-refractivity contribution in [1.82, 2.24) is 4.98 Å². The standard InChI is InChI=1S/C16H17NO2/c1-11-10-17-8-7-15(11)16(18)12-3-2-4-14(9-12)19-13-5-6-13/h2-4,7-10,13,16,18H,5-6H2,1H3. The fourth-order valence-corrected chi connectivity index (χ4v) is 2.11. The van der Waals surface area contributed by atoms with Crippen molar-refractivity contribution in [2.45, 2.75) is 32.0 Å². The molecule has 0 radical (unpaired) electrons. The zero-order chi connectivity index (χ0) is 13.2. The number of hydrogen-bond donors (Lipinski definition) is 1. The molecule has 19 heavy (non-hydrogen) atoms. The molecular formula is C16H17NO2. The first-order valence-electron chi connectivity index (χ1n) is 6.59. The average molecular weight is 255 g/mol. The Labute approximate surface area is 112 Å². The molecule has 1 N–H and O–H groups in total. The maximum absolute atomic E-state index is 10.5. The van der Waals surface area contributed by atoms with E-state index in [0.29, 0.717) is 6.10 Å². The second kappa shape index (κ2) is 5.02. The molecule has 1 fully saturated rings. The number of pyridine rings is 1. The van der Waals surface area contributed by atoms with Crippen molar-refractivity contribution in [2.24, 2.45) is 0 Å². The first-order valence-corrected chi connectivity index (χ1v) is 6.59. The van der Waals surface area contributed by atoms with Crippen LogP contribution in [0.3, 0.4) is 0 Å². The largest absolute Gasteiger partial charge is 0.490 e. The second-order valence-corrected chi connectivity index (χ2v) is 5.02. The average Bonchev–Trinajstić information content (AvgIpc) is 3.23. The van der Waals surface area contributed by atoms with Crippen LogP contribution in [0.5, 0.6) is 5.75 Å². The van der Waals surface area contributed by atoms with Crippen LogP contribution in [0.2, 0.25) is 0 Å². The van der Waals surface area contributed by atoms with E-state index < -0.39 is 6.10 Å². The van der Waals surface area contributed by atoms with Crippen LogP contribution in [0.25, 0.3) is 0 Å². The van der Waals surface area contributed by atoms with E-state index in [-0.39, 0.29) is 0 Å². The lowest BCUT2D eigenvalue weighted by Crippen LogP contribution is -2.03. The highest BCUT2D eigenvalue weighted by atomic mass is 16.5. The highest BCUT2D eigenvalue weighted by Crippen LogP contribution is 2.30. The molecule has 1 unspecified atom stereocenters. The lowest BCUT2D eigenvalue weighted by molar-refractivity contribution is 0.218. The Morgan fingerprint density at radius 2 is 2.16 bits per heavy atom. The molecule has 98 valence electrons. The van der Waals surface area contributed by atoms with Gasteiger partial charge in [0.05, 0.1) is 6.10 Å². The highest BCUT2D eigenvalue weighted by molar-refractivity contribution is 5.37. The van der Waals surface area contributed by atoms with E-state index in [2.05, 4.69) is 4.98 Å². The predicted octanol–water partition coefficient (Wildman–Crippen LogP) is 3.01. The maximum atomic E-state index is 10.5. The van der Waals surface area contributed by atoms with Gasteiger partial charge in [-0.25, -0.2) is 0 Å². The molecule has 3 rings (SSSR count). The Morgan fingerprint density at radius 3 is 2.89 bits per heavy atom. The molecule has 1 aromatic heterocycles. The molecule has 3 nitrogen and oxygen atoms in total. The minimum absolute atomic E-state index is 0.370. The van der Waals surface area contributed by atoms with Gasteiger partial charge in [-0.2, -0.15) is 0 Å². The molecular weight excluding hydrogens is 238 g/mol. The van der Waals surface area contributed by atoms with Gasteiger partial charge in [-0.05, 0) is 54.7 Å². The molecule has 1 atom stereocenters. The molecule has 0 bridgehead atoms. The molecule has 2 aromatic rings. The van der Waals surface area contributed by atoms with Crippen LogP contribution >= 0.6 is 0 Å². The lowest BCUT2D eigenvalue weighted by atomic mass is 9.99. The lowest BCUT2D eigenvalue weighted by Gasteiger charge is -2.15. The zero-order valence-electron chi connectivity index (χ0n) is 10.9. The van der Waals surface area contributed by atoms with E-state index in [4.69, 9.17) is 4.74 Å². The van der Waals surface area contributed by atoms with Crippen molar-refractivity contribution in [1.29, 1.82) is 0 Å². The van der Waals surface area contributed by atoms with Gasteiger partial charge in [0.1, 0.15) is 11.9 Å². The zero-order valence-corrected chi connectivity index (χ0v) is 10.9. The number of aryl methyl sites for hydroxylation is 1. The molecule has 0 saturated heterocycles. The fraction of sp³-hybridized carbons (Fsp3) is 0.312. The maximum Gasteiger partial charge on any atom is 0.120 e. The first kappa shape index (κ1) is 12.2. The second-order valence-electron chi connectivity index (χ2n) is 5.02. The van der Waals surface area contributed by atoms with Crippen LogP contribution < -0.4 is 4.74 Å². The Kier molecular flexibility index (Phi) is 3.22. The van der Waals surface area contributed by atoms with Gasteiger partial charge in [-0.15, -0.1) is 0 Å². The molecule has 3 heteroatoms. The number of aliphatic hydroxyl groups is 1. The molecule has 0 amide bonds. The Balaban J connectivity index is 1.86. The third-order valence-corrected chi connectivity index (χ3v) is 3.36. The van der Waals surface area contributed by atoms with Crippen LogP contribution in [-0.2, 0) is 0 Å². The summed E-state index contributed by atoms with van der Waals surface area (Å²) < 4.78 is 5.76. The van der Waals surface area contributed by atoms with Crippen molar-refractivity contribution in [2.75, 3.05) is 0 Å². The van der Waals surface area contributed by atoms with Crippen molar-refractivity contribution in [3.8, 4) is 5.75 Å². The van der Waals surface area contributed by atoms with E-state index in [9.17, 15) is 5.11 Å². The summed E-state index contributed by atoms with van der Waals surface area (Å²) in [5.74, 6) is 0.839. The number of benzene rings is 1.